The van der Waals surface area contributed by atoms with E-state index in [-0.39, 0.29) is 5.01 Å². The number of aromatic nitrogens is 1. The van der Waals surface area contributed by atoms with E-state index in [0.717, 1.165) is 11.3 Å². The lowest BCUT2D eigenvalue weighted by atomic mass is 10.7. The Balaban J connectivity index is 2.88. The topological polar surface area (TPSA) is 65.2 Å². The molecule has 0 aliphatic rings. The molecule has 0 aromatic carbocycles. The summed E-state index contributed by atoms with van der Waals surface area (Å²) in [6.07, 6.45) is 1.46. The molecule has 0 saturated heterocycles. The molecule has 5 heteroatoms. The predicted molar refractivity (Wildman–Crippen MR) is 37.2 cm³/mol. The molecule has 0 fully saturated rings. The molecule has 54 valence electrons. The lowest BCUT2D eigenvalue weighted by Gasteiger charge is -1.86. The van der Waals surface area contributed by atoms with E-state index in [4.69, 9.17) is 10.5 Å². The number of amides is 1. The highest BCUT2D eigenvalue weighted by molar-refractivity contribution is 7.15. The summed E-state index contributed by atoms with van der Waals surface area (Å²) in [5.74, 6) is -0.520. The van der Waals surface area contributed by atoms with Crippen LogP contribution in [0, 0.1) is 0 Å². The van der Waals surface area contributed by atoms with Gasteiger partial charge in [0.1, 0.15) is 0 Å². The van der Waals surface area contributed by atoms with Crippen LogP contribution in [0.1, 0.15) is 9.80 Å². The average Bonchev–Trinajstić information content (AvgIpc) is 2.34. The fourth-order valence-corrected chi connectivity index (χ4v) is 1.05. The number of nitrogens with zero attached hydrogens (tertiary/aromatic N) is 1. The summed E-state index contributed by atoms with van der Waals surface area (Å²) in [5.41, 5.74) is 4.94. The van der Waals surface area contributed by atoms with E-state index in [1.165, 1.54) is 13.3 Å². The van der Waals surface area contributed by atoms with E-state index in [0.29, 0.717) is 5.06 Å². The van der Waals surface area contributed by atoms with Gasteiger partial charge in [0.05, 0.1) is 13.3 Å². The minimum absolute atomic E-state index is 0.275. The van der Waals surface area contributed by atoms with E-state index < -0.39 is 5.91 Å². The second kappa shape index (κ2) is 2.66. The van der Waals surface area contributed by atoms with Gasteiger partial charge in [0.2, 0.25) is 0 Å². The van der Waals surface area contributed by atoms with Crippen LogP contribution >= 0.6 is 11.3 Å². The summed E-state index contributed by atoms with van der Waals surface area (Å²) in [5, 5.41) is 0.866. The van der Waals surface area contributed by atoms with Crippen LogP contribution in [-0.4, -0.2) is 18.0 Å². The first-order chi connectivity index (χ1) is 4.74. The Kier molecular flexibility index (Phi) is 1.86. The van der Waals surface area contributed by atoms with Crippen molar-refractivity contribution in [2.45, 2.75) is 0 Å². The predicted octanol–water partition coefficient (Wildman–Crippen LogP) is 0.251. The maximum absolute atomic E-state index is 10.4. The average molecular weight is 158 g/mol. The monoisotopic (exact) mass is 158 g/mol. The van der Waals surface area contributed by atoms with Crippen molar-refractivity contribution in [3.05, 3.63) is 11.2 Å². The number of carbonyl (C=O) groups is 1. The molecule has 0 bridgehead atoms. The third-order valence-corrected chi connectivity index (χ3v) is 1.87. The van der Waals surface area contributed by atoms with E-state index >= 15 is 0 Å². The molecular formula is C5H6N2O2S. The lowest BCUT2D eigenvalue weighted by Crippen LogP contribution is -2.09. The van der Waals surface area contributed by atoms with Crippen LogP contribution in [0.5, 0.6) is 5.06 Å². The van der Waals surface area contributed by atoms with Crippen molar-refractivity contribution in [1.29, 1.82) is 0 Å². The van der Waals surface area contributed by atoms with Crippen molar-refractivity contribution in [2.75, 3.05) is 7.11 Å². The van der Waals surface area contributed by atoms with Crippen molar-refractivity contribution < 1.29 is 9.53 Å². The van der Waals surface area contributed by atoms with Gasteiger partial charge in [-0.25, -0.2) is 4.98 Å². The van der Waals surface area contributed by atoms with Gasteiger partial charge in [-0.3, -0.25) is 4.79 Å². The summed E-state index contributed by atoms with van der Waals surface area (Å²) in [6, 6.07) is 0. The summed E-state index contributed by atoms with van der Waals surface area (Å²) >= 11 is 1.13. The minimum Gasteiger partial charge on any atom is -0.486 e. The maximum Gasteiger partial charge on any atom is 0.277 e. The van der Waals surface area contributed by atoms with Gasteiger partial charge >= 0.3 is 0 Å². The lowest BCUT2D eigenvalue weighted by molar-refractivity contribution is 0.1000. The Morgan fingerprint density at radius 2 is 2.60 bits per heavy atom. The highest BCUT2D eigenvalue weighted by Gasteiger charge is 2.05. The van der Waals surface area contributed by atoms with E-state index in [2.05, 4.69) is 4.98 Å². The molecule has 4 nitrogen and oxygen atoms in total. The fourth-order valence-electron chi connectivity index (χ4n) is 0.468. The highest BCUT2D eigenvalue weighted by atomic mass is 32.1. The zero-order valence-corrected chi connectivity index (χ0v) is 6.14. The second-order valence-electron chi connectivity index (χ2n) is 1.55. The van der Waals surface area contributed by atoms with Gasteiger partial charge in [0, 0.05) is 0 Å². The summed E-state index contributed by atoms with van der Waals surface area (Å²) < 4.78 is 4.79. The molecule has 1 aromatic rings. The van der Waals surface area contributed by atoms with Gasteiger partial charge in [-0.05, 0) is 0 Å². The number of ether oxygens (including phenoxy) is 1. The number of hydrogen-bond donors (Lipinski definition) is 1. The molecule has 1 rings (SSSR count). The first-order valence-electron chi connectivity index (χ1n) is 2.53. The Morgan fingerprint density at radius 3 is 2.90 bits per heavy atom. The van der Waals surface area contributed by atoms with Gasteiger partial charge in [0.15, 0.2) is 10.1 Å². The van der Waals surface area contributed by atoms with Crippen LogP contribution in [0.3, 0.4) is 0 Å². The molecule has 10 heavy (non-hydrogen) atoms. The van der Waals surface area contributed by atoms with Crippen LogP contribution in [0.4, 0.5) is 0 Å². The first-order valence-corrected chi connectivity index (χ1v) is 3.35. The Morgan fingerprint density at radius 1 is 1.90 bits per heavy atom. The maximum atomic E-state index is 10.4. The third-order valence-electron chi connectivity index (χ3n) is 0.896. The van der Waals surface area contributed by atoms with Gasteiger partial charge < -0.3 is 10.5 Å². The largest absolute Gasteiger partial charge is 0.486 e. The molecule has 0 unspecified atom stereocenters. The zero-order chi connectivity index (χ0) is 7.56. The molecule has 1 aromatic heterocycles. The number of methoxy groups -OCH3 is 1. The van der Waals surface area contributed by atoms with Crippen LogP contribution in [0.25, 0.3) is 0 Å². The highest BCUT2D eigenvalue weighted by Crippen LogP contribution is 2.19. The fraction of sp³-hybridized carbons (Fsp3) is 0.200. The molecular weight excluding hydrogens is 152 g/mol. The van der Waals surface area contributed by atoms with Gasteiger partial charge in [-0.1, -0.05) is 11.3 Å². The van der Waals surface area contributed by atoms with Crippen molar-refractivity contribution in [3.63, 3.8) is 0 Å². The number of primary amides is 1. The smallest absolute Gasteiger partial charge is 0.277 e. The van der Waals surface area contributed by atoms with E-state index in [1.807, 2.05) is 0 Å². The minimum atomic E-state index is -0.520. The van der Waals surface area contributed by atoms with Crippen LogP contribution in [-0.2, 0) is 0 Å². The number of thiazole rings is 1. The summed E-state index contributed by atoms with van der Waals surface area (Å²) in [4.78, 5) is 14.2. The summed E-state index contributed by atoms with van der Waals surface area (Å²) in [7, 11) is 1.51. The number of hydrogen-bond acceptors (Lipinski definition) is 4. The van der Waals surface area contributed by atoms with Crippen LogP contribution in [0.2, 0.25) is 0 Å². The normalized spacial score (nSPS) is 9.30. The Bertz CT molecular complexity index is 246. The second-order valence-corrected chi connectivity index (χ2v) is 2.55. The number of nitrogens with two attached hydrogens (primary N) is 1. The molecule has 0 aliphatic heterocycles. The zero-order valence-electron chi connectivity index (χ0n) is 5.33. The van der Waals surface area contributed by atoms with E-state index in [1.54, 1.807) is 0 Å². The van der Waals surface area contributed by atoms with Gasteiger partial charge in [0.25, 0.3) is 5.91 Å². The van der Waals surface area contributed by atoms with Gasteiger partial charge in [-0.2, -0.15) is 0 Å². The first kappa shape index (κ1) is 7.01. The quantitative estimate of drug-likeness (QED) is 0.671. The third kappa shape index (κ3) is 1.24. The molecule has 0 atom stereocenters. The molecule has 0 aliphatic carbocycles. The molecule has 0 saturated carbocycles. The van der Waals surface area contributed by atoms with Crippen LogP contribution in [0.15, 0.2) is 6.20 Å². The molecule has 2 N–H and O–H groups in total. The van der Waals surface area contributed by atoms with Crippen molar-refractivity contribution in [3.8, 4) is 5.06 Å². The Labute approximate surface area is 61.6 Å². The van der Waals surface area contributed by atoms with E-state index in [9.17, 15) is 4.79 Å². The number of rotatable bonds is 2. The number of carbonyl (C=O) groups excluding carboxylic acids is 1. The summed E-state index contributed by atoms with van der Waals surface area (Å²) in [6.45, 7) is 0. The molecule has 1 heterocycles. The van der Waals surface area contributed by atoms with Crippen molar-refractivity contribution >= 4 is 17.2 Å². The van der Waals surface area contributed by atoms with Crippen LogP contribution < -0.4 is 10.5 Å². The standard InChI is InChI=1S/C5H6N2O2S/c1-9-3-2-7-5(10-3)4(6)8/h2H,1H3,(H2,6,8). The Hall–Kier alpha value is -1.10. The SMILES string of the molecule is COc1cnc(C(N)=O)s1. The molecule has 1 amide bonds. The molecule has 0 spiro atoms. The van der Waals surface area contributed by atoms with Crippen molar-refractivity contribution in [1.82, 2.24) is 4.98 Å². The van der Waals surface area contributed by atoms with Crippen molar-refractivity contribution in [2.24, 2.45) is 5.73 Å². The van der Waals surface area contributed by atoms with Gasteiger partial charge in [-0.15, -0.1) is 0 Å². The molecule has 0 radical (unpaired) electrons.